The highest BCUT2D eigenvalue weighted by Gasteiger charge is 2.75. The second kappa shape index (κ2) is 4.72. The molecule has 0 aromatic heterocycles. The van der Waals surface area contributed by atoms with E-state index in [4.69, 9.17) is 9.47 Å². The Balaban J connectivity index is 1.57. The highest BCUT2D eigenvalue weighted by molar-refractivity contribution is 5.31. The molecule has 4 rings (SSSR count). The molecule has 3 atom stereocenters. The normalized spacial score (nSPS) is 38.5. The lowest BCUT2D eigenvalue weighted by Gasteiger charge is -2.42. The molecular formula is C18H25NO2. The summed E-state index contributed by atoms with van der Waals surface area (Å²) in [6, 6.07) is 9.06. The van der Waals surface area contributed by atoms with Gasteiger partial charge in [-0.25, -0.2) is 0 Å². The molecular weight excluding hydrogens is 262 g/mol. The van der Waals surface area contributed by atoms with Crippen molar-refractivity contribution in [2.45, 2.75) is 55.8 Å². The van der Waals surface area contributed by atoms with E-state index >= 15 is 0 Å². The van der Waals surface area contributed by atoms with Gasteiger partial charge in [0.15, 0.2) is 0 Å². The molecule has 3 fully saturated rings. The summed E-state index contributed by atoms with van der Waals surface area (Å²) in [6.07, 6.45) is 7.51. The zero-order chi connectivity index (χ0) is 14.5. The maximum absolute atomic E-state index is 6.45. The van der Waals surface area contributed by atoms with Gasteiger partial charge in [-0.05, 0) is 50.4 Å². The molecule has 0 N–H and O–H groups in total. The molecule has 1 aromatic rings. The van der Waals surface area contributed by atoms with Gasteiger partial charge in [-0.3, -0.25) is 4.90 Å². The van der Waals surface area contributed by atoms with E-state index in [0.29, 0.717) is 6.04 Å². The molecule has 1 aliphatic carbocycles. The topological polar surface area (TPSA) is 25.0 Å². The van der Waals surface area contributed by atoms with Gasteiger partial charge < -0.3 is 9.47 Å². The maximum atomic E-state index is 6.45. The summed E-state index contributed by atoms with van der Waals surface area (Å²) in [6.45, 7) is 1.17. The van der Waals surface area contributed by atoms with Gasteiger partial charge in [0, 0.05) is 12.6 Å². The van der Waals surface area contributed by atoms with Gasteiger partial charge in [0.05, 0.1) is 7.11 Å². The van der Waals surface area contributed by atoms with Crippen LogP contribution in [0.2, 0.25) is 0 Å². The minimum Gasteiger partial charge on any atom is -0.497 e. The molecule has 1 saturated carbocycles. The number of hydrogen-bond acceptors (Lipinski definition) is 3. The number of ether oxygens (including phenoxy) is 2. The summed E-state index contributed by atoms with van der Waals surface area (Å²) in [5.74, 6) is 0.934. The monoisotopic (exact) mass is 287 g/mol. The SMILES string of the molecule is COc1ccc(C[C@@H]2N(C)CC[C@]34CCCC[C@]23O4)cc1. The van der Waals surface area contributed by atoms with Gasteiger partial charge >= 0.3 is 0 Å². The first-order valence-electron chi connectivity index (χ1n) is 8.22. The van der Waals surface area contributed by atoms with Gasteiger partial charge in [-0.15, -0.1) is 0 Å². The molecule has 3 aliphatic rings. The second-order valence-corrected chi connectivity index (χ2v) is 6.99. The van der Waals surface area contributed by atoms with Gasteiger partial charge in [0.2, 0.25) is 0 Å². The van der Waals surface area contributed by atoms with Gasteiger partial charge in [0.25, 0.3) is 0 Å². The zero-order valence-corrected chi connectivity index (χ0v) is 13.1. The van der Waals surface area contributed by atoms with E-state index in [2.05, 4.69) is 36.2 Å². The van der Waals surface area contributed by atoms with Gasteiger partial charge in [-0.2, -0.15) is 0 Å². The second-order valence-electron chi connectivity index (χ2n) is 6.99. The van der Waals surface area contributed by atoms with Gasteiger partial charge in [0.1, 0.15) is 17.0 Å². The van der Waals surface area contributed by atoms with Crippen molar-refractivity contribution >= 4 is 0 Å². The number of piperidine rings is 1. The minimum absolute atomic E-state index is 0.151. The molecule has 3 nitrogen and oxygen atoms in total. The van der Waals surface area contributed by atoms with E-state index in [-0.39, 0.29) is 11.2 Å². The number of methoxy groups -OCH3 is 1. The lowest BCUT2D eigenvalue weighted by atomic mass is 9.70. The summed E-state index contributed by atoms with van der Waals surface area (Å²) in [5, 5.41) is 0. The molecule has 2 aliphatic heterocycles. The smallest absolute Gasteiger partial charge is 0.118 e. The number of epoxide rings is 1. The highest BCUT2D eigenvalue weighted by atomic mass is 16.6. The quantitative estimate of drug-likeness (QED) is 0.799. The van der Waals surface area contributed by atoms with Crippen molar-refractivity contribution in [2.24, 2.45) is 0 Å². The number of likely N-dealkylation sites (N-methyl/N-ethyl adjacent to an activating group) is 1. The van der Waals surface area contributed by atoms with Crippen LogP contribution in [0.5, 0.6) is 5.75 Å². The van der Waals surface area contributed by atoms with Crippen LogP contribution >= 0.6 is 0 Å². The molecule has 0 bridgehead atoms. The molecule has 2 saturated heterocycles. The van der Waals surface area contributed by atoms with Gasteiger partial charge in [-0.1, -0.05) is 25.0 Å². The van der Waals surface area contributed by atoms with E-state index < -0.39 is 0 Å². The van der Waals surface area contributed by atoms with Crippen LogP contribution in [0.1, 0.15) is 37.7 Å². The summed E-state index contributed by atoms with van der Waals surface area (Å²) in [4.78, 5) is 2.53. The van der Waals surface area contributed by atoms with Crippen molar-refractivity contribution in [3.05, 3.63) is 29.8 Å². The Hall–Kier alpha value is -1.06. The number of nitrogens with zero attached hydrogens (tertiary/aromatic N) is 1. The van der Waals surface area contributed by atoms with Crippen molar-refractivity contribution in [2.75, 3.05) is 20.7 Å². The fraction of sp³-hybridized carbons (Fsp3) is 0.667. The Morgan fingerprint density at radius 3 is 2.71 bits per heavy atom. The first kappa shape index (κ1) is 13.6. The van der Waals surface area contributed by atoms with Crippen molar-refractivity contribution in [1.29, 1.82) is 0 Å². The van der Waals surface area contributed by atoms with Crippen LogP contribution in [0.4, 0.5) is 0 Å². The Kier molecular flexibility index (Phi) is 3.05. The molecule has 0 unspecified atom stereocenters. The van der Waals surface area contributed by atoms with E-state index in [1.807, 2.05) is 0 Å². The lowest BCUT2D eigenvalue weighted by molar-refractivity contribution is 0.105. The fourth-order valence-corrected chi connectivity index (χ4v) is 4.76. The fourth-order valence-electron chi connectivity index (χ4n) is 4.76. The predicted octanol–water partition coefficient (Wildman–Crippen LogP) is 3.02. The van der Waals surface area contributed by atoms with Crippen LogP contribution in [0.3, 0.4) is 0 Å². The average molecular weight is 287 g/mol. The average Bonchev–Trinajstić information content (AvgIpc) is 3.22. The Morgan fingerprint density at radius 1 is 1.19 bits per heavy atom. The van der Waals surface area contributed by atoms with Crippen molar-refractivity contribution in [1.82, 2.24) is 4.90 Å². The Labute approximate surface area is 127 Å². The van der Waals surface area contributed by atoms with Crippen LogP contribution in [0, 0.1) is 0 Å². The van der Waals surface area contributed by atoms with Crippen molar-refractivity contribution in [3.63, 3.8) is 0 Å². The first-order chi connectivity index (χ1) is 10.2. The summed E-state index contributed by atoms with van der Waals surface area (Å²) < 4.78 is 11.7. The van der Waals surface area contributed by atoms with E-state index in [1.165, 1.54) is 44.2 Å². The molecule has 3 heteroatoms. The third kappa shape index (κ3) is 1.94. The van der Waals surface area contributed by atoms with Crippen LogP contribution in [-0.4, -0.2) is 42.8 Å². The number of hydrogen-bond donors (Lipinski definition) is 0. The highest BCUT2D eigenvalue weighted by Crippen LogP contribution is 2.64. The largest absolute Gasteiger partial charge is 0.497 e. The molecule has 0 spiro atoms. The first-order valence-corrected chi connectivity index (χ1v) is 8.22. The maximum Gasteiger partial charge on any atom is 0.118 e. The number of benzene rings is 1. The van der Waals surface area contributed by atoms with Crippen LogP contribution in [0.15, 0.2) is 24.3 Å². The molecule has 0 amide bonds. The van der Waals surface area contributed by atoms with E-state index in [9.17, 15) is 0 Å². The molecule has 2 heterocycles. The molecule has 1 aromatic carbocycles. The molecule has 21 heavy (non-hydrogen) atoms. The van der Waals surface area contributed by atoms with E-state index in [1.54, 1.807) is 7.11 Å². The summed E-state index contributed by atoms with van der Waals surface area (Å²) in [7, 11) is 3.99. The van der Waals surface area contributed by atoms with Crippen LogP contribution < -0.4 is 4.74 Å². The van der Waals surface area contributed by atoms with Crippen molar-refractivity contribution < 1.29 is 9.47 Å². The minimum atomic E-state index is 0.151. The van der Waals surface area contributed by atoms with Crippen molar-refractivity contribution in [3.8, 4) is 5.75 Å². The standard InChI is InChI=1S/C18H25NO2/c1-19-12-11-17-9-3-4-10-18(17,21-17)16(19)13-14-5-7-15(20-2)8-6-14/h5-8,16H,3-4,9-13H2,1-2H3/t16-,17+,18-/m0/s1. The Morgan fingerprint density at radius 2 is 1.95 bits per heavy atom. The van der Waals surface area contributed by atoms with E-state index in [0.717, 1.165) is 12.2 Å². The van der Waals surface area contributed by atoms with Crippen LogP contribution in [-0.2, 0) is 11.2 Å². The lowest BCUT2D eigenvalue weighted by Crippen LogP contribution is -2.55. The third-order valence-electron chi connectivity index (χ3n) is 6.01. The molecule has 0 radical (unpaired) electrons. The summed E-state index contributed by atoms with van der Waals surface area (Å²) in [5.41, 5.74) is 1.77. The Bertz CT molecular complexity index is 529. The third-order valence-corrected chi connectivity index (χ3v) is 6.01. The predicted molar refractivity (Wildman–Crippen MR) is 82.7 cm³/mol. The molecule has 114 valence electrons. The number of rotatable bonds is 3. The zero-order valence-electron chi connectivity index (χ0n) is 13.1. The summed E-state index contributed by atoms with van der Waals surface area (Å²) >= 11 is 0. The van der Waals surface area contributed by atoms with Crippen LogP contribution in [0.25, 0.3) is 0 Å². The number of likely N-dealkylation sites (tertiary alicyclic amines) is 1.